The monoisotopic (exact) mass is 443 g/mol. The van der Waals surface area contributed by atoms with Gasteiger partial charge < -0.3 is 33.0 Å². The molecule has 170 valence electrons. The van der Waals surface area contributed by atoms with E-state index in [-0.39, 0.29) is 18.3 Å². The number of carbonyl (C=O) groups excluding carboxylic acids is 1. The van der Waals surface area contributed by atoms with E-state index in [0.29, 0.717) is 45.8 Å². The molecule has 0 aliphatic carbocycles. The first-order chi connectivity index (χ1) is 15.4. The maximum Gasteiger partial charge on any atom is 0.257 e. The van der Waals surface area contributed by atoms with Crippen molar-refractivity contribution in [3.63, 3.8) is 0 Å². The smallest absolute Gasteiger partial charge is 0.257 e. The van der Waals surface area contributed by atoms with Gasteiger partial charge in [-0.25, -0.2) is 0 Å². The van der Waals surface area contributed by atoms with Crippen molar-refractivity contribution in [2.24, 2.45) is 0 Å². The minimum Gasteiger partial charge on any atom is -0.496 e. The zero-order chi connectivity index (χ0) is 23.3. The molecule has 3 rings (SSSR count). The molecule has 1 aromatic heterocycles. The number of methoxy groups -OCH3 is 5. The van der Waals surface area contributed by atoms with Crippen molar-refractivity contribution < 1.29 is 32.9 Å². The van der Waals surface area contributed by atoms with Gasteiger partial charge in [0.05, 0.1) is 47.7 Å². The van der Waals surface area contributed by atoms with Crippen molar-refractivity contribution in [3.05, 3.63) is 41.8 Å². The van der Waals surface area contributed by atoms with Crippen LogP contribution in [0.1, 0.15) is 16.2 Å². The summed E-state index contributed by atoms with van der Waals surface area (Å²) in [4.78, 5) is 14.5. The molecule has 0 radical (unpaired) electrons. The number of rotatable bonds is 9. The lowest BCUT2D eigenvalue weighted by Crippen LogP contribution is -2.26. The molecule has 0 fully saturated rings. The van der Waals surface area contributed by atoms with Gasteiger partial charge in [-0.15, -0.1) is 10.2 Å². The van der Waals surface area contributed by atoms with E-state index in [2.05, 4.69) is 10.2 Å². The minimum absolute atomic E-state index is 0.0939. The van der Waals surface area contributed by atoms with E-state index in [1.807, 2.05) is 0 Å². The number of amides is 1. The topological polar surface area (TPSA) is 105 Å². The minimum atomic E-state index is -0.311. The van der Waals surface area contributed by atoms with Crippen molar-refractivity contribution in [3.8, 4) is 40.2 Å². The molecule has 0 unspecified atom stereocenters. The van der Waals surface area contributed by atoms with Crippen LogP contribution in [0.3, 0.4) is 0 Å². The molecule has 1 heterocycles. The molecular formula is C22H25N3O7. The van der Waals surface area contributed by atoms with Crippen LogP contribution in [0.4, 0.5) is 0 Å². The van der Waals surface area contributed by atoms with Gasteiger partial charge in [0.2, 0.25) is 11.8 Å². The first kappa shape index (κ1) is 22.7. The number of nitrogens with zero attached hydrogens (tertiary/aromatic N) is 3. The van der Waals surface area contributed by atoms with Crippen molar-refractivity contribution in [2.75, 3.05) is 42.6 Å². The fourth-order valence-electron chi connectivity index (χ4n) is 3.08. The predicted octanol–water partition coefficient (Wildman–Crippen LogP) is 3.05. The second-order valence-corrected chi connectivity index (χ2v) is 6.64. The summed E-state index contributed by atoms with van der Waals surface area (Å²) in [6, 6.07) is 8.43. The third kappa shape index (κ3) is 4.53. The molecule has 32 heavy (non-hydrogen) atoms. The van der Waals surface area contributed by atoms with Crippen LogP contribution in [0.5, 0.6) is 28.7 Å². The van der Waals surface area contributed by atoms with Gasteiger partial charge in [0.25, 0.3) is 5.91 Å². The molecule has 0 atom stereocenters. The van der Waals surface area contributed by atoms with E-state index in [1.165, 1.54) is 26.2 Å². The van der Waals surface area contributed by atoms with Crippen molar-refractivity contribution >= 4 is 5.91 Å². The quantitative estimate of drug-likeness (QED) is 0.493. The van der Waals surface area contributed by atoms with Crippen LogP contribution in [0.25, 0.3) is 11.5 Å². The van der Waals surface area contributed by atoms with Crippen LogP contribution >= 0.6 is 0 Å². The molecular weight excluding hydrogens is 418 g/mol. The maximum atomic E-state index is 13.1. The SMILES string of the molecule is COc1ccc(-c2nnc(CN(C)C(=O)c3cc(OC)c(OC)cc3OC)o2)cc1OC. The number of hydrogen-bond donors (Lipinski definition) is 0. The van der Waals surface area contributed by atoms with Crippen LogP contribution in [0, 0.1) is 0 Å². The number of ether oxygens (including phenoxy) is 5. The predicted molar refractivity (Wildman–Crippen MR) is 115 cm³/mol. The first-order valence-electron chi connectivity index (χ1n) is 9.55. The van der Waals surface area contributed by atoms with Crippen molar-refractivity contribution in [1.82, 2.24) is 15.1 Å². The van der Waals surface area contributed by atoms with Gasteiger partial charge in [0.1, 0.15) is 5.75 Å². The molecule has 0 aliphatic rings. The number of carbonyl (C=O) groups is 1. The molecule has 0 aliphatic heterocycles. The van der Waals surface area contributed by atoms with E-state index in [9.17, 15) is 4.79 Å². The Labute approximate surface area is 185 Å². The van der Waals surface area contributed by atoms with Gasteiger partial charge in [-0.1, -0.05) is 0 Å². The lowest BCUT2D eigenvalue weighted by atomic mass is 10.1. The molecule has 3 aromatic rings. The average molecular weight is 443 g/mol. The van der Waals surface area contributed by atoms with Gasteiger partial charge in [-0.2, -0.15) is 0 Å². The second-order valence-electron chi connectivity index (χ2n) is 6.64. The Morgan fingerprint density at radius 1 is 0.812 bits per heavy atom. The highest BCUT2D eigenvalue weighted by Crippen LogP contribution is 2.35. The van der Waals surface area contributed by atoms with Crippen molar-refractivity contribution in [1.29, 1.82) is 0 Å². The van der Waals surface area contributed by atoms with E-state index in [4.69, 9.17) is 28.1 Å². The van der Waals surface area contributed by atoms with Gasteiger partial charge in [0, 0.05) is 24.7 Å². The highest BCUT2D eigenvalue weighted by Gasteiger charge is 2.22. The van der Waals surface area contributed by atoms with Crippen molar-refractivity contribution in [2.45, 2.75) is 6.54 Å². The Balaban J connectivity index is 1.81. The highest BCUT2D eigenvalue weighted by molar-refractivity contribution is 5.97. The molecule has 0 bridgehead atoms. The van der Waals surface area contributed by atoms with E-state index in [0.717, 1.165) is 0 Å². The van der Waals surface area contributed by atoms with Crippen LogP contribution in [-0.2, 0) is 6.54 Å². The van der Waals surface area contributed by atoms with Gasteiger partial charge in [0.15, 0.2) is 23.0 Å². The third-order valence-corrected chi connectivity index (χ3v) is 4.75. The molecule has 0 saturated heterocycles. The fraction of sp³-hybridized carbons (Fsp3) is 0.318. The molecule has 10 nitrogen and oxygen atoms in total. The van der Waals surface area contributed by atoms with Crippen LogP contribution < -0.4 is 23.7 Å². The zero-order valence-corrected chi connectivity index (χ0v) is 18.8. The van der Waals surface area contributed by atoms with E-state index in [1.54, 1.807) is 51.6 Å². The molecule has 10 heteroatoms. The summed E-state index contributed by atoms with van der Waals surface area (Å²) in [6.07, 6.45) is 0. The Hall–Kier alpha value is -3.95. The third-order valence-electron chi connectivity index (χ3n) is 4.75. The Kier molecular flexibility index (Phi) is 7.04. The standard InChI is InChI=1S/C22H25N3O7/c1-25(22(26)14-10-18(30-5)19(31-6)11-16(14)28-3)12-20-23-24-21(32-20)13-7-8-15(27-2)17(9-13)29-4/h7-11H,12H2,1-6H3. The molecule has 2 aromatic carbocycles. The molecule has 0 saturated carbocycles. The Morgan fingerprint density at radius 2 is 1.41 bits per heavy atom. The summed E-state index contributed by atoms with van der Waals surface area (Å²) in [5, 5.41) is 8.13. The average Bonchev–Trinajstić information content (AvgIpc) is 3.30. The van der Waals surface area contributed by atoms with Gasteiger partial charge in [-0.3, -0.25) is 4.79 Å². The van der Waals surface area contributed by atoms with E-state index < -0.39 is 0 Å². The summed E-state index contributed by atoms with van der Waals surface area (Å²) >= 11 is 0. The summed E-state index contributed by atoms with van der Waals surface area (Å²) < 4.78 is 32.2. The fourth-order valence-corrected chi connectivity index (χ4v) is 3.08. The highest BCUT2D eigenvalue weighted by atomic mass is 16.5. The van der Waals surface area contributed by atoms with Gasteiger partial charge >= 0.3 is 0 Å². The molecule has 0 spiro atoms. The van der Waals surface area contributed by atoms with Crippen LogP contribution in [0.15, 0.2) is 34.7 Å². The van der Waals surface area contributed by atoms with Crippen LogP contribution in [-0.4, -0.2) is 63.6 Å². The van der Waals surface area contributed by atoms with Crippen LogP contribution in [0.2, 0.25) is 0 Å². The number of benzene rings is 2. The first-order valence-corrected chi connectivity index (χ1v) is 9.55. The van der Waals surface area contributed by atoms with Gasteiger partial charge in [-0.05, 0) is 18.2 Å². The molecule has 0 N–H and O–H groups in total. The molecule has 1 amide bonds. The number of hydrogen-bond acceptors (Lipinski definition) is 9. The summed E-state index contributed by atoms with van der Waals surface area (Å²) in [7, 11) is 9.21. The van der Waals surface area contributed by atoms with E-state index >= 15 is 0 Å². The summed E-state index contributed by atoms with van der Waals surface area (Å²) in [6.45, 7) is 0.0939. The Bertz CT molecular complexity index is 1100. The number of aromatic nitrogens is 2. The largest absolute Gasteiger partial charge is 0.496 e. The maximum absolute atomic E-state index is 13.1. The normalized spacial score (nSPS) is 10.4. The Morgan fingerprint density at radius 3 is 2.03 bits per heavy atom. The lowest BCUT2D eigenvalue weighted by molar-refractivity contribution is 0.0769. The summed E-state index contributed by atoms with van der Waals surface area (Å²) in [5.41, 5.74) is 0.976. The lowest BCUT2D eigenvalue weighted by Gasteiger charge is -2.18. The second kappa shape index (κ2) is 9.90. The zero-order valence-electron chi connectivity index (χ0n) is 18.8. The summed E-state index contributed by atoms with van der Waals surface area (Å²) in [5.74, 6) is 2.61.